The molecule has 2 aromatic carbocycles. The van der Waals surface area contributed by atoms with Crippen LogP contribution in [0.25, 0.3) is 0 Å². The molecule has 0 saturated carbocycles. The summed E-state index contributed by atoms with van der Waals surface area (Å²) in [5.74, 6) is 0. The molecule has 0 spiro atoms. The highest BCUT2D eigenvalue weighted by molar-refractivity contribution is 5.70. The van der Waals surface area contributed by atoms with Crippen molar-refractivity contribution in [2.45, 2.75) is 6.54 Å². The Morgan fingerprint density at radius 1 is 0.938 bits per heavy atom. The van der Waals surface area contributed by atoms with E-state index < -0.39 is 0 Å². The van der Waals surface area contributed by atoms with E-state index in [1.54, 1.807) is 6.07 Å². The molecule has 0 radical (unpaired) electrons. The monoisotopic (exact) mass is 213 g/mol. The number of anilines is 3. The standard InChI is InChI=1S/C13H15N3/c14-11-6-7-12(15)13(8-11)16-9-10-4-2-1-3-5-10/h1-8,16H,9,14-15H2. The van der Waals surface area contributed by atoms with Crippen molar-refractivity contribution in [2.24, 2.45) is 0 Å². The first-order chi connectivity index (χ1) is 7.75. The molecule has 16 heavy (non-hydrogen) atoms. The number of rotatable bonds is 3. The van der Waals surface area contributed by atoms with Gasteiger partial charge in [-0.3, -0.25) is 0 Å². The minimum atomic E-state index is 0.713. The van der Waals surface area contributed by atoms with Crippen molar-refractivity contribution in [3.63, 3.8) is 0 Å². The molecule has 3 heteroatoms. The van der Waals surface area contributed by atoms with Gasteiger partial charge in [0.2, 0.25) is 0 Å². The average molecular weight is 213 g/mol. The fraction of sp³-hybridized carbons (Fsp3) is 0.0769. The lowest BCUT2D eigenvalue weighted by molar-refractivity contribution is 1.15. The Morgan fingerprint density at radius 3 is 2.44 bits per heavy atom. The summed E-state index contributed by atoms with van der Waals surface area (Å²) in [6.45, 7) is 0.745. The Labute approximate surface area is 95.1 Å². The Morgan fingerprint density at radius 2 is 1.69 bits per heavy atom. The van der Waals surface area contributed by atoms with Gasteiger partial charge in [0.1, 0.15) is 0 Å². The highest BCUT2D eigenvalue weighted by Gasteiger charge is 1.99. The maximum absolute atomic E-state index is 5.84. The molecule has 0 unspecified atom stereocenters. The van der Waals surface area contributed by atoms with Gasteiger partial charge in [0, 0.05) is 12.2 Å². The molecule has 0 saturated heterocycles. The molecule has 5 N–H and O–H groups in total. The second-order valence-electron chi connectivity index (χ2n) is 3.69. The normalized spacial score (nSPS) is 10.0. The zero-order valence-electron chi connectivity index (χ0n) is 8.98. The third-order valence-electron chi connectivity index (χ3n) is 2.40. The van der Waals surface area contributed by atoms with Crippen molar-refractivity contribution >= 4 is 17.1 Å². The molecule has 3 nitrogen and oxygen atoms in total. The SMILES string of the molecule is Nc1ccc(N)c(NCc2ccccc2)c1. The number of nitrogen functional groups attached to an aromatic ring is 2. The zero-order chi connectivity index (χ0) is 11.4. The third-order valence-corrected chi connectivity index (χ3v) is 2.40. The fourth-order valence-corrected chi connectivity index (χ4v) is 1.52. The van der Waals surface area contributed by atoms with Crippen LogP contribution in [0.2, 0.25) is 0 Å². The van der Waals surface area contributed by atoms with Gasteiger partial charge < -0.3 is 16.8 Å². The summed E-state index contributed by atoms with van der Waals surface area (Å²) in [5, 5.41) is 3.27. The van der Waals surface area contributed by atoms with Crippen molar-refractivity contribution < 1.29 is 0 Å². The topological polar surface area (TPSA) is 64.1 Å². The molecule has 2 aromatic rings. The molecule has 0 fully saturated rings. The fourth-order valence-electron chi connectivity index (χ4n) is 1.52. The van der Waals surface area contributed by atoms with Gasteiger partial charge >= 0.3 is 0 Å². The molecule has 0 aliphatic carbocycles. The first-order valence-electron chi connectivity index (χ1n) is 5.18. The number of hydrogen-bond acceptors (Lipinski definition) is 3. The largest absolute Gasteiger partial charge is 0.399 e. The average Bonchev–Trinajstić information content (AvgIpc) is 2.32. The van der Waals surface area contributed by atoms with E-state index in [0.717, 1.165) is 12.2 Å². The van der Waals surface area contributed by atoms with E-state index in [4.69, 9.17) is 11.5 Å². The highest BCUT2D eigenvalue weighted by atomic mass is 14.9. The van der Waals surface area contributed by atoms with Crippen molar-refractivity contribution in [3.05, 3.63) is 54.1 Å². The van der Waals surface area contributed by atoms with Crippen molar-refractivity contribution in [1.82, 2.24) is 0 Å². The molecule has 0 aromatic heterocycles. The maximum atomic E-state index is 5.84. The van der Waals surface area contributed by atoms with E-state index in [1.165, 1.54) is 5.56 Å². The lowest BCUT2D eigenvalue weighted by Crippen LogP contribution is -2.03. The Bertz CT molecular complexity index is 466. The summed E-state index contributed by atoms with van der Waals surface area (Å²) >= 11 is 0. The van der Waals surface area contributed by atoms with Crippen molar-refractivity contribution in [3.8, 4) is 0 Å². The van der Waals surface area contributed by atoms with Crippen LogP contribution in [0.5, 0.6) is 0 Å². The van der Waals surface area contributed by atoms with Gasteiger partial charge in [-0.15, -0.1) is 0 Å². The van der Waals surface area contributed by atoms with E-state index >= 15 is 0 Å². The van der Waals surface area contributed by atoms with Gasteiger partial charge in [-0.2, -0.15) is 0 Å². The van der Waals surface area contributed by atoms with Crippen LogP contribution in [0.4, 0.5) is 17.1 Å². The number of benzene rings is 2. The quantitative estimate of drug-likeness (QED) is 0.686. The molecule has 0 aliphatic heterocycles. The third kappa shape index (κ3) is 2.45. The van der Waals surface area contributed by atoms with Crippen LogP contribution in [0.3, 0.4) is 0 Å². The lowest BCUT2D eigenvalue weighted by Gasteiger charge is -2.09. The molecular weight excluding hydrogens is 198 g/mol. The maximum Gasteiger partial charge on any atom is 0.0597 e. The second kappa shape index (κ2) is 4.57. The van der Waals surface area contributed by atoms with Crippen LogP contribution in [-0.2, 0) is 6.54 Å². The first-order valence-corrected chi connectivity index (χ1v) is 5.18. The van der Waals surface area contributed by atoms with E-state index in [1.807, 2.05) is 30.3 Å². The van der Waals surface area contributed by atoms with Crippen molar-refractivity contribution in [1.29, 1.82) is 0 Å². The number of nitrogens with two attached hydrogens (primary N) is 2. The van der Waals surface area contributed by atoms with Gasteiger partial charge in [0.15, 0.2) is 0 Å². The molecule has 82 valence electrons. The van der Waals surface area contributed by atoms with E-state index in [0.29, 0.717) is 11.4 Å². The predicted molar refractivity (Wildman–Crippen MR) is 69.0 cm³/mol. The second-order valence-corrected chi connectivity index (χ2v) is 3.69. The molecule has 0 amide bonds. The van der Waals surface area contributed by atoms with Gasteiger partial charge in [0.05, 0.1) is 11.4 Å². The minimum Gasteiger partial charge on any atom is -0.399 e. The highest BCUT2D eigenvalue weighted by Crippen LogP contribution is 2.21. The minimum absolute atomic E-state index is 0.713. The van der Waals surface area contributed by atoms with E-state index in [-0.39, 0.29) is 0 Å². The summed E-state index contributed by atoms with van der Waals surface area (Å²) in [7, 11) is 0. The number of hydrogen-bond donors (Lipinski definition) is 3. The van der Waals surface area contributed by atoms with Gasteiger partial charge in [0.25, 0.3) is 0 Å². The van der Waals surface area contributed by atoms with Gasteiger partial charge in [-0.25, -0.2) is 0 Å². The molecule has 0 heterocycles. The zero-order valence-corrected chi connectivity index (χ0v) is 8.98. The lowest BCUT2D eigenvalue weighted by atomic mass is 10.2. The summed E-state index contributed by atoms with van der Waals surface area (Å²) in [5.41, 5.74) is 15.1. The molecule has 0 bridgehead atoms. The predicted octanol–water partition coefficient (Wildman–Crippen LogP) is 2.46. The summed E-state index contributed by atoms with van der Waals surface area (Å²) in [4.78, 5) is 0. The van der Waals surface area contributed by atoms with Crippen LogP contribution in [0.1, 0.15) is 5.56 Å². The van der Waals surface area contributed by atoms with Crippen LogP contribution >= 0.6 is 0 Å². The summed E-state index contributed by atoms with van der Waals surface area (Å²) in [6, 6.07) is 15.6. The smallest absolute Gasteiger partial charge is 0.0597 e. The van der Waals surface area contributed by atoms with Gasteiger partial charge in [-0.1, -0.05) is 30.3 Å². The Kier molecular flexibility index (Phi) is 2.96. The Hall–Kier alpha value is -2.16. The van der Waals surface area contributed by atoms with E-state index in [9.17, 15) is 0 Å². The molecule has 0 aliphatic rings. The first kappa shape index (κ1) is 10.4. The van der Waals surface area contributed by atoms with Crippen LogP contribution in [0.15, 0.2) is 48.5 Å². The molecule has 2 rings (SSSR count). The van der Waals surface area contributed by atoms with Crippen molar-refractivity contribution in [2.75, 3.05) is 16.8 Å². The van der Waals surface area contributed by atoms with Crippen LogP contribution in [0, 0.1) is 0 Å². The van der Waals surface area contributed by atoms with Crippen LogP contribution < -0.4 is 16.8 Å². The number of nitrogens with one attached hydrogen (secondary N) is 1. The van der Waals surface area contributed by atoms with E-state index in [2.05, 4.69) is 17.4 Å². The summed E-state index contributed by atoms with van der Waals surface area (Å²) < 4.78 is 0. The Balaban J connectivity index is 2.08. The van der Waals surface area contributed by atoms with Crippen LogP contribution in [-0.4, -0.2) is 0 Å². The van der Waals surface area contributed by atoms with Gasteiger partial charge in [-0.05, 0) is 23.8 Å². The molecule has 0 atom stereocenters. The summed E-state index contributed by atoms with van der Waals surface area (Å²) in [6.07, 6.45) is 0. The molecular formula is C13H15N3.